The van der Waals surface area contributed by atoms with E-state index in [0.29, 0.717) is 24.5 Å². The van der Waals surface area contributed by atoms with Crippen LogP contribution >= 0.6 is 11.3 Å². The average Bonchev–Trinajstić information content (AvgIpc) is 2.69. The highest BCUT2D eigenvalue weighted by Gasteiger charge is 2.33. The summed E-state index contributed by atoms with van der Waals surface area (Å²) in [5, 5.41) is 1.91. The number of piperidine rings is 1. The van der Waals surface area contributed by atoms with Gasteiger partial charge in [0.25, 0.3) is 5.92 Å². The molecule has 1 saturated heterocycles. The first-order chi connectivity index (χ1) is 7.59. The molecule has 1 aromatic heterocycles. The maximum absolute atomic E-state index is 12.9. The minimum atomic E-state index is -2.49. The molecule has 2 heterocycles. The molecule has 2 rings (SSSR count). The van der Waals surface area contributed by atoms with E-state index in [1.165, 1.54) is 11.3 Å². The molecule has 88 valence electrons. The van der Waals surface area contributed by atoms with Crippen molar-refractivity contribution in [3.8, 4) is 0 Å². The zero-order chi connectivity index (χ0) is 11.6. The number of hydrogen-bond donors (Lipinski definition) is 0. The Hall–Kier alpha value is -0.810. The number of aldehydes is 1. The van der Waals surface area contributed by atoms with Gasteiger partial charge < -0.3 is 0 Å². The largest absolute Gasteiger partial charge is 0.299 e. The number of thiophene rings is 1. The van der Waals surface area contributed by atoms with E-state index < -0.39 is 5.92 Å². The molecule has 1 aromatic rings. The normalized spacial score (nSPS) is 20.9. The molecule has 0 N–H and O–H groups in total. The molecular formula is C11H13F2NOS. The molecule has 1 aliphatic heterocycles. The molecule has 16 heavy (non-hydrogen) atoms. The van der Waals surface area contributed by atoms with Gasteiger partial charge in [0.15, 0.2) is 6.29 Å². The number of carbonyl (C=O) groups is 1. The molecule has 0 amide bonds. The highest BCUT2D eigenvalue weighted by atomic mass is 32.1. The van der Waals surface area contributed by atoms with Gasteiger partial charge in [-0.1, -0.05) is 0 Å². The Morgan fingerprint density at radius 1 is 1.44 bits per heavy atom. The van der Waals surface area contributed by atoms with E-state index in [2.05, 4.69) is 0 Å². The van der Waals surface area contributed by atoms with Gasteiger partial charge in [0, 0.05) is 32.5 Å². The first kappa shape index (κ1) is 11.7. The van der Waals surface area contributed by atoms with E-state index in [1.54, 1.807) is 0 Å². The van der Waals surface area contributed by atoms with E-state index in [0.717, 1.165) is 11.8 Å². The molecule has 1 fully saturated rings. The maximum Gasteiger partial charge on any atom is 0.250 e. The zero-order valence-electron chi connectivity index (χ0n) is 8.79. The first-order valence-electron chi connectivity index (χ1n) is 5.22. The van der Waals surface area contributed by atoms with Crippen LogP contribution in [0.25, 0.3) is 0 Å². The van der Waals surface area contributed by atoms with Crippen LogP contribution in [0.15, 0.2) is 11.4 Å². The van der Waals surface area contributed by atoms with Gasteiger partial charge >= 0.3 is 0 Å². The van der Waals surface area contributed by atoms with Crippen molar-refractivity contribution < 1.29 is 13.6 Å². The fraction of sp³-hybridized carbons (Fsp3) is 0.545. The van der Waals surface area contributed by atoms with Gasteiger partial charge in [-0.05, 0) is 17.0 Å². The van der Waals surface area contributed by atoms with E-state index in [9.17, 15) is 13.6 Å². The summed E-state index contributed by atoms with van der Waals surface area (Å²) in [4.78, 5) is 13.2. The fourth-order valence-corrected chi connectivity index (χ4v) is 2.54. The Morgan fingerprint density at radius 3 is 2.69 bits per heavy atom. The molecule has 1 aliphatic rings. The van der Waals surface area contributed by atoms with Gasteiger partial charge in [-0.15, -0.1) is 11.3 Å². The third-order valence-electron chi connectivity index (χ3n) is 2.78. The van der Waals surface area contributed by atoms with E-state index in [-0.39, 0.29) is 12.8 Å². The molecule has 0 spiro atoms. The molecule has 0 atom stereocenters. The lowest BCUT2D eigenvalue weighted by molar-refractivity contribution is -0.0566. The van der Waals surface area contributed by atoms with Gasteiger partial charge in [0.1, 0.15) is 0 Å². The fourth-order valence-electron chi connectivity index (χ4n) is 1.84. The van der Waals surface area contributed by atoms with Crippen molar-refractivity contribution in [2.75, 3.05) is 13.1 Å². The molecule has 5 heteroatoms. The zero-order valence-corrected chi connectivity index (χ0v) is 9.60. The van der Waals surface area contributed by atoms with Crippen LogP contribution in [-0.2, 0) is 6.54 Å². The number of halogens is 2. The van der Waals surface area contributed by atoms with Crippen LogP contribution < -0.4 is 0 Å². The lowest BCUT2D eigenvalue weighted by Gasteiger charge is -2.31. The van der Waals surface area contributed by atoms with Gasteiger partial charge in [-0.25, -0.2) is 8.78 Å². The molecular weight excluding hydrogens is 232 g/mol. The van der Waals surface area contributed by atoms with Gasteiger partial charge in [-0.3, -0.25) is 9.69 Å². The Labute approximate surface area is 96.9 Å². The Kier molecular flexibility index (Phi) is 3.35. The van der Waals surface area contributed by atoms with Crippen molar-refractivity contribution in [1.29, 1.82) is 0 Å². The van der Waals surface area contributed by atoms with Crippen molar-refractivity contribution in [3.05, 3.63) is 21.9 Å². The number of carbonyl (C=O) groups excluding carboxylic acids is 1. The number of alkyl halides is 2. The summed E-state index contributed by atoms with van der Waals surface area (Å²) in [5.41, 5.74) is 1.04. The molecule has 0 bridgehead atoms. The monoisotopic (exact) mass is 245 g/mol. The van der Waals surface area contributed by atoms with Gasteiger partial charge in [0.2, 0.25) is 0 Å². The minimum Gasteiger partial charge on any atom is -0.299 e. The summed E-state index contributed by atoms with van der Waals surface area (Å²) in [6.45, 7) is 1.53. The van der Waals surface area contributed by atoms with Crippen LogP contribution in [0, 0.1) is 0 Å². The molecule has 0 saturated carbocycles. The van der Waals surface area contributed by atoms with Crippen LogP contribution in [0.1, 0.15) is 28.1 Å². The number of likely N-dealkylation sites (tertiary alicyclic amines) is 1. The Morgan fingerprint density at radius 2 is 2.12 bits per heavy atom. The standard InChI is InChI=1S/C11H13F2NOS/c12-11(13)1-3-14(4-2-11)6-9-5-10(7-15)16-8-9/h5,7-8H,1-4,6H2. The topological polar surface area (TPSA) is 20.3 Å². The van der Waals surface area contributed by atoms with E-state index in [4.69, 9.17) is 0 Å². The number of hydrogen-bond acceptors (Lipinski definition) is 3. The summed E-state index contributed by atoms with van der Waals surface area (Å²) in [7, 11) is 0. The van der Waals surface area contributed by atoms with Crippen LogP contribution in [0.5, 0.6) is 0 Å². The molecule has 2 nitrogen and oxygen atoms in total. The first-order valence-corrected chi connectivity index (χ1v) is 6.10. The summed E-state index contributed by atoms with van der Waals surface area (Å²) in [6.07, 6.45) is 0.702. The minimum absolute atomic E-state index is 0.0579. The number of nitrogens with zero attached hydrogens (tertiary/aromatic N) is 1. The second kappa shape index (κ2) is 4.59. The van der Waals surface area contributed by atoms with Gasteiger partial charge in [0.05, 0.1) is 4.88 Å². The number of rotatable bonds is 3. The lowest BCUT2D eigenvalue weighted by Crippen LogP contribution is -2.38. The van der Waals surface area contributed by atoms with Gasteiger partial charge in [-0.2, -0.15) is 0 Å². The van der Waals surface area contributed by atoms with Crippen LogP contribution in [0.4, 0.5) is 8.78 Å². The maximum atomic E-state index is 12.9. The molecule has 0 aromatic carbocycles. The quantitative estimate of drug-likeness (QED) is 0.763. The van der Waals surface area contributed by atoms with Crippen molar-refractivity contribution in [2.45, 2.75) is 25.3 Å². The lowest BCUT2D eigenvalue weighted by atomic mass is 10.1. The molecule has 0 aliphatic carbocycles. The second-order valence-corrected chi connectivity index (χ2v) is 5.05. The van der Waals surface area contributed by atoms with Crippen molar-refractivity contribution in [1.82, 2.24) is 4.90 Å². The van der Waals surface area contributed by atoms with Crippen molar-refractivity contribution in [3.63, 3.8) is 0 Å². The van der Waals surface area contributed by atoms with Crippen LogP contribution in [0.2, 0.25) is 0 Å². The third-order valence-corrected chi connectivity index (χ3v) is 3.69. The smallest absolute Gasteiger partial charge is 0.250 e. The van der Waals surface area contributed by atoms with E-state index >= 15 is 0 Å². The Balaban J connectivity index is 1.89. The summed E-state index contributed by atoms with van der Waals surface area (Å²) >= 11 is 1.40. The highest BCUT2D eigenvalue weighted by Crippen LogP contribution is 2.28. The predicted octanol–water partition coefficient (Wildman–Crippen LogP) is 2.79. The van der Waals surface area contributed by atoms with Crippen LogP contribution in [0.3, 0.4) is 0 Å². The molecule has 0 radical (unpaired) electrons. The van der Waals surface area contributed by atoms with Crippen LogP contribution in [-0.4, -0.2) is 30.2 Å². The average molecular weight is 245 g/mol. The van der Waals surface area contributed by atoms with Crippen molar-refractivity contribution >= 4 is 17.6 Å². The summed E-state index contributed by atoms with van der Waals surface area (Å²) in [6, 6.07) is 1.82. The molecule has 0 unspecified atom stereocenters. The second-order valence-electron chi connectivity index (χ2n) is 4.11. The predicted molar refractivity (Wildman–Crippen MR) is 59.2 cm³/mol. The summed E-state index contributed by atoms with van der Waals surface area (Å²) < 4.78 is 25.8. The SMILES string of the molecule is O=Cc1cc(CN2CCC(F)(F)CC2)cs1. The third kappa shape index (κ3) is 2.86. The van der Waals surface area contributed by atoms with E-state index in [1.807, 2.05) is 16.3 Å². The van der Waals surface area contributed by atoms with Crippen molar-refractivity contribution in [2.24, 2.45) is 0 Å². The summed E-state index contributed by atoms with van der Waals surface area (Å²) in [5.74, 6) is -2.49. The Bertz CT molecular complexity index is 368. The highest BCUT2D eigenvalue weighted by molar-refractivity contribution is 7.11.